The minimum absolute atomic E-state index is 0.511. The second kappa shape index (κ2) is 7.71. The van der Waals surface area contributed by atoms with Crippen LogP contribution in [0.25, 0.3) is 0 Å². The molecule has 5 atom stereocenters. The minimum atomic E-state index is 0.511. The molecule has 0 heterocycles. The third kappa shape index (κ3) is 3.01. The first-order valence-corrected chi connectivity index (χ1v) is 10.3. The summed E-state index contributed by atoms with van der Waals surface area (Å²) in [5, 5.41) is 0. The molecule has 1 fully saturated rings. The van der Waals surface area contributed by atoms with Crippen molar-refractivity contribution in [3.63, 3.8) is 0 Å². The van der Waals surface area contributed by atoms with Crippen molar-refractivity contribution in [2.75, 3.05) is 0 Å². The maximum atomic E-state index is 2.63. The van der Waals surface area contributed by atoms with Gasteiger partial charge in [-0.25, -0.2) is 0 Å². The summed E-state index contributed by atoms with van der Waals surface area (Å²) in [6.45, 7) is 19.9. The number of hydrogen-bond donors (Lipinski definition) is 0. The van der Waals surface area contributed by atoms with Gasteiger partial charge in [0.2, 0.25) is 0 Å². The summed E-state index contributed by atoms with van der Waals surface area (Å²) in [6.07, 6.45) is 12.6. The summed E-state index contributed by atoms with van der Waals surface area (Å²) < 4.78 is 0. The molecule has 0 amide bonds. The Kier molecular flexibility index (Phi) is 7.03. The van der Waals surface area contributed by atoms with Crippen LogP contribution in [0.1, 0.15) is 113 Å². The van der Waals surface area contributed by atoms with Gasteiger partial charge in [0.1, 0.15) is 0 Å². The molecular formula is C22H44. The molecule has 0 aromatic rings. The van der Waals surface area contributed by atoms with Gasteiger partial charge in [-0.05, 0) is 47.3 Å². The molecule has 5 unspecified atom stereocenters. The molecule has 0 bridgehead atoms. The first kappa shape index (κ1) is 20.0. The molecule has 0 aromatic heterocycles. The van der Waals surface area contributed by atoms with Crippen LogP contribution in [0, 0.1) is 28.1 Å². The van der Waals surface area contributed by atoms with E-state index in [1.165, 1.54) is 57.8 Å². The van der Waals surface area contributed by atoms with Crippen molar-refractivity contribution < 1.29 is 0 Å². The van der Waals surface area contributed by atoms with Gasteiger partial charge in [-0.15, -0.1) is 0 Å². The second-order valence-corrected chi connectivity index (χ2v) is 8.77. The van der Waals surface area contributed by atoms with Crippen molar-refractivity contribution in [2.24, 2.45) is 28.1 Å². The lowest BCUT2D eigenvalue weighted by atomic mass is 9.59. The fraction of sp³-hybridized carbons (Fsp3) is 1.00. The normalized spacial score (nSPS) is 35.2. The van der Waals surface area contributed by atoms with Gasteiger partial charge in [-0.1, -0.05) is 93.9 Å². The highest BCUT2D eigenvalue weighted by atomic mass is 14.8. The van der Waals surface area contributed by atoms with Gasteiger partial charge >= 0.3 is 0 Å². The summed E-state index contributed by atoms with van der Waals surface area (Å²) in [5.41, 5.74) is 1.61. The molecule has 1 aliphatic rings. The van der Waals surface area contributed by atoms with Crippen LogP contribution in [-0.2, 0) is 0 Å². The molecular weight excluding hydrogens is 264 g/mol. The van der Waals surface area contributed by atoms with Crippen LogP contribution in [0.15, 0.2) is 0 Å². The molecule has 1 saturated carbocycles. The Morgan fingerprint density at radius 2 is 1.55 bits per heavy atom. The molecule has 1 rings (SSSR count). The van der Waals surface area contributed by atoms with Gasteiger partial charge in [0.15, 0.2) is 0 Å². The molecule has 0 radical (unpaired) electrons. The van der Waals surface area contributed by atoms with Crippen LogP contribution in [0.4, 0.5) is 0 Å². The SMILES string of the molecule is CCCCCCCC(CC)C(C)(CC)C1(C)C(C)C1(C)CC. The quantitative estimate of drug-likeness (QED) is 0.341. The van der Waals surface area contributed by atoms with Crippen LogP contribution in [-0.4, -0.2) is 0 Å². The Labute approximate surface area is 141 Å². The van der Waals surface area contributed by atoms with Gasteiger partial charge in [-0.2, -0.15) is 0 Å². The van der Waals surface area contributed by atoms with Gasteiger partial charge in [0.25, 0.3) is 0 Å². The number of hydrogen-bond acceptors (Lipinski definition) is 0. The second-order valence-electron chi connectivity index (χ2n) is 8.77. The Balaban J connectivity index is 2.78. The predicted octanol–water partition coefficient (Wildman–Crippen LogP) is 7.86. The van der Waals surface area contributed by atoms with Crippen LogP contribution in [0.3, 0.4) is 0 Å². The molecule has 0 N–H and O–H groups in total. The highest BCUT2D eigenvalue weighted by Crippen LogP contribution is 2.79. The van der Waals surface area contributed by atoms with E-state index in [-0.39, 0.29) is 0 Å². The lowest BCUT2D eigenvalue weighted by Crippen LogP contribution is -2.38. The summed E-state index contributed by atoms with van der Waals surface area (Å²) in [5.74, 6) is 1.78. The van der Waals surface area contributed by atoms with Gasteiger partial charge in [-0.3, -0.25) is 0 Å². The third-order valence-electron chi connectivity index (χ3n) is 8.63. The van der Waals surface area contributed by atoms with E-state index in [0.717, 1.165) is 11.8 Å². The molecule has 0 heteroatoms. The van der Waals surface area contributed by atoms with E-state index in [1.807, 2.05) is 0 Å². The average molecular weight is 309 g/mol. The van der Waals surface area contributed by atoms with E-state index in [1.54, 1.807) is 0 Å². The van der Waals surface area contributed by atoms with E-state index in [9.17, 15) is 0 Å². The lowest BCUT2D eigenvalue weighted by molar-refractivity contribution is 0.0338. The Bertz CT molecular complexity index is 333. The highest BCUT2D eigenvalue weighted by molar-refractivity contribution is 5.21. The molecule has 132 valence electrons. The van der Waals surface area contributed by atoms with Crippen LogP contribution < -0.4 is 0 Å². The maximum absolute atomic E-state index is 2.63. The van der Waals surface area contributed by atoms with E-state index < -0.39 is 0 Å². The van der Waals surface area contributed by atoms with Crippen LogP contribution in [0.2, 0.25) is 0 Å². The third-order valence-corrected chi connectivity index (χ3v) is 8.63. The van der Waals surface area contributed by atoms with E-state index in [0.29, 0.717) is 16.2 Å². The molecule has 0 aromatic carbocycles. The fourth-order valence-electron chi connectivity index (χ4n) is 6.02. The van der Waals surface area contributed by atoms with Crippen LogP contribution >= 0.6 is 0 Å². The summed E-state index contributed by atoms with van der Waals surface area (Å²) in [4.78, 5) is 0. The Morgan fingerprint density at radius 3 is 1.95 bits per heavy atom. The molecule has 0 aliphatic heterocycles. The largest absolute Gasteiger partial charge is 0.0654 e. The highest BCUT2D eigenvalue weighted by Gasteiger charge is 2.73. The van der Waals surface area contributed by atoms with Crippen molar-refractivity contribution in [1.82, 2.24) is 0 Å². The zero-order valence-corrected chi connectivity index (χ0v) is 17.0. The van der Waals surface area contributed by atoms with Gasteiger partial charge in [0.05, 0.1) is 0 Å². The van der Waals surface area contributed by atoms with Crippen molar-refractivity contribution in [1.29, 1.82) is 0 Å². The molecule has 0 saturated heterocycles. The van der Waals surface area contributed by atoms with Crippen LogP contribution in [0.5, 0.6) is 0 Å². The lowest BCUT2D eigenvalue weighted by Gasteiger charge is -2.45. The molecule has 1 aliphatic carbocycles. The average Bonchev–Trinajstić information content (AvgIpc) is 2.98. The summed E-state index contributed by atoms with van der Waals surface area (Å²) >= 11 is 0. The van der Waals surface area contributed by atoms with E-state index >= 15 is 0 Å². The Hall–Kier alpha value is 0. The molecule has 0 spiro atoms. The van der Waals surface area contributed by atoms with Gasteiger partial charge in [0, 0.05) is 0 Å². The summed E-state index contributed by atoms with van der Waals surface area (Å²) in [6, 6.07) is 0. The molecule has 0 nitrogen and oxygen atoms in total. The minimum Gasteiger partial charge on any atom is -0.0654 e. The van der Waals surface area contributed by atoms with E-state index in [4.69, 9.17) is 0 Å². The monoisotopic (exact) mass is 308 g/mol. The topological polar surface area (TPSA) is 0 Å². The number of rotatable bonds is 11. The number of unbranched alkanes of at least 4 members (excludes halogenated alkanes) is 4. The van der Waals surface area contributed by atoms with E-state index in [2.05, 4.69) is 55.4 Å². The van der Waals surface area contributed by atoms with Crippen molar-refractivity contribution in [3.8, 4) is 0 Å². The van der Waals surface area contributed by atoms with Crippen molar-refractivity contribution >= 4 is 0 Å². The fourth-order valence-corrected chi connectivity index (χ4v) is 6.02. The summed E-state index contributed by atoms with van der Waals surface area (Å²) in [7, 11) is 0. The van der Waals surface area contributed by atoms with Crippen molar-refractivity contribution in [3.05, 3.63) is 0 Å². The predicted molar refractivity (Wildman–Crippen MR) is 101 cm³/mol. The Morgan fingerprint density at radius 1 is 0.955 bits per heavy atom. The standard InChI is InChI=1S/C22H44/c1-9-13-14-15-16-17-19(10-2)21(7,12-4)22(8)18(5)20(22,6)11-3/h18-19H,9-17H2,1-8H3. The smallest absolute Gasteiger partial charge is 0.0182 e. The molecule has 22 heavy (non-hydrogen) atoms. The zero-order valence-electron chi connectivity index (χ0n) is 17.0. The maximum Gasteiger partial charge on any atom is -0.0182 e. The first-order valence-electron chi connectivity index (χ1n) is 10.3. The van der Waals surface area contributed by atoms with Crippen molar-refractivity contribution in [2.45, 2.75) is 113 Å². The van der Waals surface area contributed by atoms with Gasteiger partial charge < -0.3 is 0 Å². The zero-order chi connectivity index (χ0) is 17.0. The first-order chi connectivity index (χ1) is 10.3.